The van der Waals surface area contributed by atoms with Crippen molar-refractivity contribution in [1.82, 2.24) is 0 Å². The highest BCUT2D eigenvalue weighted by Crippen LogP contribution is 2.47. The Morgan fingerprint density at radius 1 is 0.906 bits per heavy atom. The molecule has 3 heterocycles. The molecule has 0 radical (unpaired) electrons. The monoisotopic (exact) mass is 475 g/mol. The van der Waals surface area contributed by atoms with Gasteiger partial charge >= 0.3 is 5.97 Å². The van der Waals surface area contributed by atoms with Gasteiger partial charge in [-0.2, -0.15) is 0 Å². The maximum atomic E-state index is 13.9. The fourth-order valence-electron chi connectivity index (χ4n) is 6.60. The van der Waals surface area contributed by atoms with Gasteiger partial charge in [-0.25, -0.2) is 4.79 Å². The first kappa shape index (κ1) is 23.6. The lowest BCUT2D eigenvalue weighted by molar-refractivity contribution is -0.956. The molecule has 0 saturated carbocycles. The Hall–Kier alpha value is -1.59. The van der Waals surface area contributed by atoms with Crippen LogP contribution in [0.1, 0.15) is 49.7 Å². The highest BCUT2D eigenvalue weighted by molar-refractivity contribution is 6.17. The third-order valence-corrected chi connectivity index (χ3v) is 8.06. The van der Waals surface area contributed by atoms with Gasteiger partial charge in [-0.3, -0.25) is 0 Å². The number of ether oxygens (including phenoxy) is 2. The molecule has 0 amide bonds. The molecule has 2 atom stereocenters. The smallest absolute Gasteiger partial charge is 0.348 e. The fourth-order valence-corrected chi connectivity index (χ4v) is 6.76. The summed E-state index contributed by atoms with van der Waals surface area (Å²) in [5, 5.41) is 0. The van der Waals surface area contributed by atoms with E-state index in [-0.39, 0.29) is 30.5 Å². The number of rotatable bonds is 6. The summed E-state index contributed by atoms with van der Waals surface area (Å²) < 4.78 is 13.6. The van der Waals surface area contributed by atoms with Gasteiger partial charge in [0.05, 0.1) is 25.2 Å². The molecular formula is C26H31Cl2NO3. The van der Waals surface area contributed by atoms with Gasteiger partial charge in [0.1, 0.15) is 12.2 Å². The molecule has 3 aliphatic heterocycles. The summed E-state index contributed by atoms with van der Waals surface area (Å²) in [4.78, 5) is 13.9. The van der Waals surface area contributed by atoms with Crippen LogP contribution in [0.2, 0.25) is 0 Å². The van der Waals surface area contributed by atoms with Crippen LogP contribution in [0.5, 0.6) is 0 Å². The third kappa shape index (κ3) is 3.86. The Bertz CT molecular complexity index is 846. The largest absolute Gasteiger partial charge is 1.00 e. The Morgan fingerprint density at radius 3 is 1.88 bits per heavy atom. The molecule has 172 valence electrons. The summed E-state index contributed by atoms with van der Waals surface area (Å²) in [5.41, 5.74) is 0.128. The number of quaternary nitrogens is 1. The zero-order valence-corrected chi connectivity index (χ0v) is 19.8. The number of benzene rings is 2. The summed E-state index contributed by atoms with van der Waals surface area (Å²) in [7, 11) is 0. The van der Waals surface area contributed by atoms with E-state index in [0.29, 0.717) is 12.1 Å². The Morgan fingerprint density at radius 2 is 1.41 bits per heavy atom. The van der Waals surface area contributed by atoms with Crippen LogP contribution in [-0.2, 0) is 19.9 Å². The molecule has 0 aromatic heterocycles. The summed E-state index contributed by atoms with van der Waals surface area (Å²) in [6.07, 6.45) is 7.07. The van der Waals surface area contributed by atoms with Crippen LogP contribution in [0.4, 0.5) is 0 Å². The zero-order valence-electron chi connectivity index (χ0n) is 18.3. The van der Waals surface area contributed by atoms with Crippen LogP contribution < -0.4 is 12.4 Å². The SMILES string of the molecule is O=C(OC1CC2CCC(C1)[N+]21CCCC1)C(OCCl)(c1ccccc1)c1ccccc1.[Cl-]. The first-order valence-corrected chi connectivity index (χ1v) is 12.1. The van der Waals surface area contributed by atoms with Crippen LogP contribution in [-0.4, -0.2) is 47.8 Å². The second-order valence-electron chi connectivity index (χ2n) is 9.31. The molecule has 1 spiro atoms. The van der Waals surface area contributed by atoms with Gasteiger partial charge in [-0.15, -0.1) is 0 Å². The molecule has 2 unspecified atom stereocenters. The van der Waals surface area contributed by atoms with E-state index in [2.05, 4.69) is 0 Å². The number of carbonyl (C=O) groups excluding carboxylic acids is 1. The van der Waals surface area contributed by atoms with Crippen molar-refractivity contribution in [3.63, 3.8) is 0 Å². The molecule has 3 aliphatic rings. The van der Waals surface area contributed by atoms with E-state index < -0.39 is 5.60 Å². The van der Waals surface area contributed by atoms with Gasteiger partial charge in [0.2, 0.25) is 5.60 Å². The van der Waals surface area contributed by atoms with Crippen LogP contribution in [0.15, 0.2) is 60.7 Å². The quantitative estimate of drug-likeness (QED) is 0.364. The Labute approximate surface area is 201 Å². The van der Waals surface area contributed by atoms with Crippen LogP contribution in [0.25, 0.3) is 0 Å². The molecule has 2 aromatic carbocycles. The number of halogens is 2. The predicted molar refractivity (Wildman–Crippen MR) is 121 cm³/mol. The van der Waals surface area contributed by atoms with Crippen molar-refractivity contribution in [1.29, 1.82) is 0 Å². The van der Waals surface area contributed by atoms with Gasteiger partial charge in [-0.05, 0) is 11.1 Å². The number of alkyl halides is 1. The molecular weight excluding hydrogens is 445 g/mol. The van der Waals surface area contributed by atoms with Crippen molar-refractivity contribution in [2.75, 3.05) is 19.2 Å². The summed E-state index contributed by atoms with van der Waals surface area (Å²) in [5.74, 6) is -0.357. The van der Waals surface area contributed by atoms with Crippen molar-refractivity contribution in [2.45, 2.75) is 62.3 Å². The number of esters is 1. The molecule has 4 nitrogen and oxygen atoms in total. The van der Waals surface area contributed by atoms with Crippen LogP contribution in [0, 0.1) is 0 Å². The minimum absolute atomic E-state index is 0. The van der Waals surface area contributed by atoms with Crippen molar-refractivity contribution >= 4 is 17.6 Å². The van der Waals surface area contributed by atoms with E-state index in [1.165, 1.54) is 43.3 Å². The number of hydrogen-bond donors (Lipinski definition) is 0. The average Bonchev–Trinajstić information content (AvgIpc) is 3.35. The van der Waals surface area contributed by atoms with Crippen molar-refractivity contribution < 1.29 is 31.2 Å². The zero-order chi connectivity index (χ0) is 21.3. The first-order chi connectivity index (χ1) is 15.2. The Kier molecular flexibility index (Phi) is 7.16. The number of piperidine rings is 1. The molecule has 0 aliphatic carbocycles. The lowest BCUT2D eigenvalue weighted by Gasteiger charge is -2.47. The lowest BCUT2D eigenvalue weighted by Crippen LogP contribution is -3.00. The molecule has 3 fully saturated rings. The first-order valence-electron chi connectivity index (χ1n) is 11.6. The van der Waals surface area contributed by atoms with Gasteiger partial charge in [0, 0.05) is 38.5 Å². The van der Waals surface area contributed by atoms with Gasteiger partial charge in [0.25, 0.3) is 0 Å². The number of hydrogen-bond acceptors (Lipinski definition) is 3. The second-order valence-corrected chi connectivity index (χ2v) is 9.53. The molecule has 3 saturated heterocycles. The maximum absolute atomic E-state index is 13.9. The lowest BCUT2D eigenvalue weighted by atomic mass is 9.85. The summed E-state index contributed by atoms with van der Waals surface area (Å²) in [6, 6.07) is 20.4. The van der Waals surface area contributed by atoms with Crippen molar-refractivity contribution in [3.05, 3.63) is 71.8 Å². The second kappa shape index (κ2) is 9.72. The van der Waals surface area contributed by atoms with E-state index in [1.54, 1.807) is 0 Å². The van der Waals surface area contributed by atoms with Gasteiger partial charge < -0.3 is 26.4 Å². The Balaban J connectivity index is 0.00000245. The fraction of sp³-hybridized carbons (Fsp3) is 0.500. The van der Waals surface area contributed by atoms with E-state index in [4.69, 9.17) is 21.1 Å². The standard InChI is InChI=1S/C26H31ClNO3.ClH/c27-19-30-26(20-9-3-1-4-10-20,21-11-5-2-6-12-21)25(29)31-24-17-22-13-14-23(18-24)28(22)15-7-8-16-28;/h1-6,9-12,22-24H,7-8,13-19H2;1H/q+1;/p-1. The number of nitrogens with zero attached hydrogens (tertiary/aromatic N) is 1. The highest BCUT2D eigenvalue weighted by atomic mass is 35.5. The molecule has 6 heteroatoms. The summed E-state index contributed by atoms with van der Waals surface area (Å²) >= 11 is 6.08. The van der Waals surface area contributed by atoms with Crippen molar-refractivity contribution in [2.24, 2.45) is 0 Å². The minimum Gasteiger partial charge on any atom is -1.00 e. The van der Waals surface area contributed by atoms with Crippen LogP contribution >= 0.6 is 11.6 Å². The summed E-state index contributed by atoms with van der Waals surface area (Å²) in [6.45, 7) is 2.62. The predicted octanol–water partition coefficient (Wildman–Crippen LogP) is 1.99. The van der Waals surface area contributed by atoms with Gasteiger partial charge in [0.15, 0.2) is 0 Å². The average molecular weight is 476 g/mol. The van der Waals surface area contributed by atoms with E-state index in [9.17, 15) is 4.79 Å². The van der Waals surface area contributed by atoms with E-state index >= 15 is 0 Å². The topological polar surface area (TPSA) is 35.5 Å². The van der Waals surface area contributed by atoms with Gasteiger partial charge in [-0.1, -0.05) is 72.3 Å². The normalized spacial score (nSPS) is 26.0. The highest BCUT2D eigenvalue weighted by Gasteiger charge is 2.56. The molecule has 32 heavy (non-hydrogen) atoms. The van der Waals surface area contributed by atoms with E-state index in [0.717, 1.165) is 24.0 Å². The maximum Gasteiger partial charge on any atom is 0.348 e. The van der Waals surface area contributed by atoms with E-state index in [1.807, 2.05) is 60.7 Å². The molecule has 2 aromatic rings. The molecule has 5 rings (SSSR count). The third-order valence-electron chi connectivity index (χ3n) is 7.95. The minimum atomic E-state index is -1.36. The van der Waals surface area contributed by atoms with Crippen LogP contribution in [0.3, 0.4) is 0 Å². The van der Waals surface area contributed by atoms with Crippen molar-refractivity contribution in [3.8, 4) is 0 Å². The molecule has 0 N–H and O–H groups in total. The number of carbonyl (C=O) groups is 1. The molecule has 2 bridgehead atoms.